The number of hydrazine groups is 1. The van der Waals surface area contributed by atoms with Gasteiger partial charge in [-0.1, -0.05) is 6.07 Å². The van der Waals surface area contributed by atoms with Crippen LogP contribution < -0.4 is 11.3 Å². The van der Waals surface area contributed by atoms with Crippen molar-refractivity contribution in [1.29, 1.82) is 0 Å². The van der Waals surface area contributed by atoms with Crippen LogP contribution in [0.25, 0.3) is 0 Å². The van der Waals surface area contributed by atoms with Crippen molar-refractivity contribution in [3.63, 3.8) is 0 Å². The average Bonchev–Trinajstić information content (AvgIpc) is 2.53. The second kappa shape index (κ2) is 5.06. The van der Waals surface area contributed by atoms with Gasteiger partial charge < -0.3 is 4.74 Å². The van der Waals surface area contributed by atoms with Crippen LogP contribution in [0.3, 0.4) is 0 Å². The molecule has 1 aliphatic heterocycles. The normalized spacial score (nSPS) is 25.6. The minimum absolute atomic E-state index is 0.0624. The van der Waals surface area contributed by atoms with Crippen molar-refractivity contribution in [3.05, 3.63) is 35.4 Å². The molecule has 112 valence electrons. The lowest BCUT2D eigenvalue weighted by atomic mass is 9.79. The van der Waals surface area contributed by atoms with Gasteiger partial charge in [0.05, 0.1) is 17.2 Å². The highest BCUT2D eigenvalue weighted by Crippen LogP contribution is 2.47. The predicted octanol–water partition coefficient (Wildman–Crippen LogP) is 3.06. The molecule has 1 heterocycles. The van der Waals surface area contributed by atoms with Crippen LogP contribution in [0.15, 0.2) is 18.2 Å². The summed E-state index contributed by atoms with van der Waals surface area (Å²) in [4.78, 5) is 0. The Hall–Kier alpha value is -1.04. The van der Waals surface area contributed by atoms with Crippen molar-refractivity contribution in [3.8, 4) is 0 Å². The molecular weight excluding hydrogens is 262 g/mol. The molecule has 3 nitrogen and oxygen atoms in total. The summed E-state index contributed by atoms with van der Waals surface area (Å²) in [6, 6.07) is 3.59. The molecule has 1 aromatic rings. The summed E-state index contributed by atoms with van der Waals surface area (Å²) in [5, 5.41) is 0. The van der Waals surface area contributed by atoms with E-state index < -0.39 is 17.2 Å². The number of ether oxygens (including phenoxy) is 1. The zero-order valence-electron chi connectivity index (χ0n) is 12.3. The van der Waals surface area contributed by atoms with Crippen LogP contribution in [0.4, 0.5) is 8.78 Å². The van der Waals surface area contributed by atoms with Gasteiger partial charge in [0.15, 0.2) is 11.6 Å². The highest BCUT2D eigenvalue weighted by Gasteiger charge is 2.49. The van der Waals surface area contributed by atoms with E-state index in [9.17, 15) is 8.78 Å². The van der Waals surface area contributed by atoms with Gasteiger partial charge in [0.2, 0.25) is 0 Å². The largest absolute Gasteiger partial charge is 0.369 e. The molecule has 1 fully saturated rings. The van der Waals surface area contributed by atoms with Gasteiger partial charge in [-0.25, -0.2) is 8.78 Å². The quantitative estimate of drug-likeness (QED) is 0.662. The molecule has 3 N–H and O–H groups in total. The monoisotopic (exact) mass is 284 g/mol. The number of hydrogen-bond acceptors (Lipinski definition) is 3. The first-order chi connectivity index (χ1) is 9.16. The van der Waals surface area contributed by atoms with E-state index in [0.717, 1.165) is 12.5 Å². The van der Waals surface area contributed by atoms with E-state index in [1.54, 1.807) is 6.07 Å². The van der Waals surface area contributed by atoms with E-state index in [-0.39, 0.29) is 17.6 Å². The fraction of sp³-hybridized carbons (Fsp3) is 0.600. The Morgan fingerprint density at radius 3 is 2.35 bits per heavy atom. The molecule has 2 rings (SSSR count). The van der Waals surface area contributed by atoms with E-state index in [4.69, 9.17) is 10.6 Å². The molecule has 2 atom stereocenters. The molecular formula is C15H22F2N2O. The van der Waals surface area contributed by atoms with Gasteiger partial charge in [-0.3, -0.25) is 11.3 Å². The molecule has 0 saturated carbocycles. The van der Waals surface area contributed by atoms with Crippen molar-refractivity contribution in [2.75, 3.05) is 0 Å². The minimum atomic E-state index is -0.862. The van der Waals surface area contributed by atoms with Crippen molar-refractivity contribution >= 4 is 0 Å². The third kappa shape index (κ3) is 2.85. The summed E-state index contributed by atoms with van der Waals surface area (Å²) in [6.07, 6.45) is 0.786. The highest BCUT2D eigenvalue weighted by atomic mass is 19.2. The van der Waals surface area contributed by atoms with E-state index in [2.05, 4.69) is 5.43 Å². The Balaban J connectivity index is 2.35. The lowest BCUT2D eigenvalue weighted by Crippen LogP contribution is -2.41. The van der Waals surface area contributed by atoms with Gasteiger partial charge in [0.1, 0.15) is 0 Å². The summed E-state index contributed by atoms with van der Waals surface area (Å²) in [7, 11) is 0. The number of benzene rings is 1. The van der Waals surface area contributed by atoms with Crippen molar-refractivity contribution < 1.29 is 13.5 Å². The van der Waals surface area contributed by atoms with Crippen molar-refractivity contribution in [2.24, 2.45) is 11.8 Å². The van der Waals surface area contributed by atoms with Crippen LogP contribution in [-0.4, -0.2) is 11.2 Å². The Kier molecular flexibility index (Phi) is 3.88. The zero-order chi connectivity index (χ0) is 15.1. The van der Waals surface area contributed by atoms with Crippen molar-refractivity contribution in [1.82, 2.24) is 5.43 Å². The van der Waals surface area contributed by atoms with Gasteiger partial charge >= 0.3 is 0 Å². The molecule has 1 aliphatic rings. The number of halogens is 2. The Morgan fingerprint density at radius 1 is 1.25 bits per heavy atom. The van der Waals surface area contributed by atoms with E-state index in [1.165, 1.54) is 6.07 Å². The van der Waals surface area contributed by atoms with E-state index >= 15 is 0 Å². The van der Waals surface area contributed by atoms with Crippen LogP contribution in [0.1, 0.15) is 45.7 Å². The molecule has 0 spiro atoms. The van der Waals surface area contributed by atoms with Crippen LogP contribution in [0, 0.1) is 17.6 Å². The SMILES string of the molecule is CC1(C)CC(C(NN)c2ccc(F)c(F)c2)C(C)(C)O1. The predicted molar refractivity (Wildman–Crippen MR) is 73.8 cm³/mol. The number of hydrogen-bond donors (Lipinski definition) is 2. The van der Waals surface area contributed by atoms with E-state index in [0.29, 0.717) is 5.56 Å². The fourth-order valence-corrected chi connectivity index (χ4v) is 3.27. The molecule has 0 radical (unpaired) electrons. The van der Waals surface area contributed by atoms with E-state index in [1.807, 2.05) is 27.7 Å². The fourth-order valence-electron chi connectivity index (χ4n) is 3.27. The molecule has 0 aromatic heterocycles. The van der Waals surface area contributed by atoms with Gasteiger partial charge in [0.25, 0.3) is 0 Å². The van der Waals surface area contributed by atoms with Crippen LogP contribution in [0.2, 0.25) is 0 Å². The lowest BCUT2D eigenvalue weighted by molar-refractivity contribution is -0.0779. The molecule has 20 heavy (non-hydrogen) atoms. The molecule has 0 bridgehead atoms. The summed E-state index contributed by atoms with van der Waals surface area (Å²) >= 11 is 0. The molecule has 1 aromatic carbocycles. The van der Waals surface area contributed by atoms with Crippen molar-refractivity contribution in [2.45, 2.75) is 51.4 Å². The maximum Gasteiger partial charge on any atom is 0.159 e. The number of nitrogens with two attached hydrogens (primary N) is 1. The number of nitrogens with one attached hydrogen (secondary N) is 1. The maximum absolute atomic E-state index is 13.4. The summed E-state index contributed by atoms with van der Waals surface area (Å²) < 4.78 is 32.5. The summed E-state index contributed by atoms with van der Waals surface area (Å²) in [6.45, 7) is 8.04. The van der Waals surface area contributed by atoms with Gasteiger partial charge in [-0.2, -0.15) is 0 Å². The molecule has 1 saturated heterocycles. The molecule has 0 aliphatic carbocycles. The second-order valence-electron chi connectivity index (χ2n) is 6.59. The standard InChI is InChI=1S/C15H22F2N2O/c1-14(2)8-10(15(3,4)20-14)13(19-18)9-5-6-11(16)12(17)7-9/h5-7,10,13,19H,8,18H2,1-4H3. The molecule has 0 amide bonds. The zero-order valence-corrected chi connectivity index (χ0v) is 12.3. The first-order valence-electron chi connectivity index (χ1n) is 6.77. The number of rotatable bonds is 3. The Bertz CT molecular complexity index is 503. The Morgan fingerprint density at radius 2 is 1.90 bits per heavy atom. The summed E-state index contributed by atoms with van der Waals surface area (Å²) in [5.74, 6) is 4.01. The first-order valence-corrected chi connectivity index (χ1v) is 6.77. The third-order valence-corrected chi connectivity index (χ3v) is 4.03. The lowest BCUT2D eigenvalue weighted by Gasteiger charge is -2.32. The van der Waals surface area contributed by atoms with Gasteiger partial charge in [0, 0.05) is 5.92 Å². The molecule has 2 unspecified atom stereocenters. The second-order valence-corrected chi connectivity index (χ2v) is 6.59. The summed E-state index contributed by atoms with van der Waals surface area (Å²) in [5.41, 5.74) is 2.70. The van der Waals surface area contributed by atoms with Crippen LogP contribution in [-0.2, 0) is 4.74 Å². The van der Waals surface area contributed by atoms with Crippen LogP contribution in [0.5, 0.6) is 0 Å². The van der Waals surface area contributed by atoms with Gasteiger partial charge in [-0.15, -0.1) is 0 Å². The average molecular weight is 284 g/mol. The minimum Gasteiger partial charge on any atom is -0.369 e. The third-order valence-electron chi connectivity index (χ3n) is 4.03. The van der Waals surface area contributed by atoms with Gasteiger partial charge in [-0.05, 0) is 51.8 Å². The first kappa shape index (κ1) is 15.4. The smallest absolute Gasteiger partial charge is 0.159 e. The molecule has 5 heteroatoms. The Labute approximate surface area is 118 Å². The topological polar surface area (TPSA) is 47.3 Å². The van der Waals surface area contributed by atoms with Crippen LogP contribution >= 0.6 is 0 Å². The highest BCUT2D eigenvalue weighted by molar-refractivity contribution is 5.23. The maximum atomic E-state index is 13.4.